The minimum Gasteiger partial charge on any atom is -0.497 e. The van der Waals surface area contributed by atoms with Crippen LogP contribution in [0.3, 0.4) is 0 Å². The lowest BCUT2D eigenvalue weighted by Gasteiger charge is -2.34. The van der Waals surface area contributed by atoms with E-state index in [0.29, 0.717) is 19.8 Å². The van der Waals surface area contributed by atoms with Gasteiger partial charge in [0.25, 0.3) is 0 Å². The fourth-order valence-electron chi connectivity index (χ4n) is 4.18. The molecular formula is C29H48O4. The zero-order valence-electron chi connectivity index (χ0n) is 21.3. The molecule has 1 aromatic carbocycles. The summed E-state index contributed by atoms with van der Waals surface area (Å²) < 4.78 is 23.1. The third-order valence-electron chi connectivity index (χ3n) is 6.29. The Bertz CT molecular complexity index is 605. The fraction of sp³-hybridized carbons (Fsp3) is 0.724. The minimum atomic E-state index is -1.05. The summed E-state index contributed by atoms with van der Waals surface area (Å²) in [7, 11) is 1.68. The number of hydrogen-bond donors (Lipinski definition) is 0. The van der Waals surface area contributed by atoms with Crippen molar-refractivity contribution in [2.45, 2.75) is 109 Å². The summed E-state index contributed by atoms with van der Waals surface area (Å²) in [4.78, 5) is 0. The Morgan fingerprint density at radius 3 is 1.79 bits per heavy atom. The Balaban J connectivity index is 1.53. The molecule has 1 aliphatic heterocycles. The van der Waals surface area contributed by atoms with Crippen molar-refractivity contribution in [1.29, 1.82) is 0 Å². The summed E-state index contributed by atoms with van der Waals surface area (Å²) in [6.45, 7) is 4.26. The highest BCUT2D eigenvalue weighted by Gasteiger charge is 2.33. The Morgan fingerprint density at radius 1 is 0.758 bits per heavy atom. The molecule has 1 saturated heterocycles. The van der Waals surface area contributed by atoms with Gasteiger partial charge in [-0.1, -0.05) is 109 Å². The highest BCUT2D eigenvalue weighted by Crippen LogP contribution is 2.25. The molecule has 0 amide bonds. The summed E-state index contributed by atoms with van der Waals surface area (Å²) >= 11 is 0. The maximum absolute atomic E-state index is 6.09. The van der Waals surface area contributed by atoms with Gasteiger partial charge in [-0.15, -0.1) is 0 Å². The van der Waals surface area contributed by atoms with Crippen LogP contribution in [-0.2, 0) is 14.2 Å². The van der Waals surface area contributed by atoms with E-state index < -0.39 is 5.97 Å². The maximum atomic E-state index is 6.09. The van der Waals surface area contributed by atoms with E-state index in [9.17, 15) is 0 Å². The average Bonchev–Trinajstić information content (AvgIpc) is 2.86. The summed E-state index contributed by atoms with van der Waals surface area (Å²) in [6, 6.07) is 7.92. The number of ether oxygens (including phenoxy) is 4. The molecule has 0 aliphatic carbocycles. The molecule has 0 radical (unpaired) electrons. The first-order valence-corrected chi connectivity index (χ1v) is 13.5. The second kappa shape index (κ2) is 18.0. The molecule has 4 heteroatoms. The first-order chi connectivity index (χ1) is 16.3. The summed E-state index contributed by atoms with van der Waals surface area (Å²) in [6.07, 6.45) is 23.8. The first kappa shape index (κ1) is 27.9. The molecule has 188 valence electrons. The van der Waals surface area contributed by atoms with Crippen LogP contribution >= 0.6 is 0 Å². The predicted octanol–water partition coefficient (Wildman–Crippen LogP) is 8.30. The number of benzene rings is 1. The van der Waals surface area contributed by atoms with Crippen molar-refractivity contribution < 1.29 is 18.9 Å². The molecule has 1 aromatic rings. The molecule has 1 aliphatic rings. The molecule has 0 saturated carbocycles. The summed E-state index contributed by atoms with van der Waals surface area (Å²) in [5.41, 5.74) is 1.06. The highest BCUT2D eigenvalue weighted by molar-refractivity contribution is 5.51. The van der Waals surface area contributed by atoms with Gasteiger partial charge < -0.3 is 18.9 Å². The second-order valence-corrected chi connectivity index (χ2v) is 9.21. The minimum absolute atomic E-state index is 0.658. The molecular weight excluding hydrogens is 412 g/mol. The zero-order valence-corrected chi connectivity index (χ0v) is 21.3. The topological polar surface area (TPSA) is 36.9 Å². The zero-order chi connectivity index (χ0) is 23.5. The molecule has 0 spiro atoms. The van der Waals surface area contributed by atoms with E-state index in [1.165, 1.54) is 83.5 Å². The highest BCUT2D eigenvalue weighted by atomic mass is 16.9. The van der Waals surface area contributed by atoms with Crippen molar-refractivity contribution in [2.24, 2.45) is 0 Å². The third-order valence-corrected chi connectivity index (χ3v) is 6.29. The molecule has 0 aromatic heterocycles. The van der Waals surface area contributed by atoms with E-state index in [1.807, 2.05) is 36.4 Å². The van der Waals surface area contributed by atoms with Crippen LogP contribution in [0, 0.1) is 0 Å². The summed E-state index contributed by atoms with van der Waals surface area (Å²) in [5.74, 6) is -0.199. The fourth-order valence-corrected chi connectivity index (χ4v) is 4.18. The first-order valence-electron chi connectivity index (χ1n) is 13.5. The molecule has 0 unspecified atom stereocenters. The molecule has 0 bridgehead atoms. The Hall–Kier alpha value is -1.36. The second-order valence-electron chi connectivity index (χ2n) is 9.21. The van der Waals surface area contributed by atoms with Crippen LogP contribution in [0.5, 0.6) is 5.75 Å². The third kappa shape index (κ3) is 12.6. The van der Waals surface area contributed by atoms with Crippen LogP contribution in [0.15, 0.2) is 30.3 Å². The van der Waals surface area contributed by atoms with Gasteiger partial charge in [0.05, 0.1) is 26.9 Å². The van der Waals surface area contributed by atoms with Crippen molar-refractivity contribution >= 4 is 6.08 Å². The van der Waals surface area contributed by atoms with Crippen molar-refractivity contribution in [3.05, 3.63) is 35.9 Å². The van der Waals surface area contributed by atoms with E-state index >= 15 is 0 Å². The molecule has 1 heterocycles. The van der Waals surface area contributed by atoms with Crippen LogP contribution in [0.1, 0.15) is 109 Å². The average molecular weight is 461 g/mol. The predicted molar refractivity (Wildman–Crippen MR) is 138 cm³/mol. The largest absolute Gasteiger partial charge is 0.497 e. The van der Waals surface area contributed by atoms with Gasteiger partial charge in [-0.05, 0) is 30.5 Å². The quantitative estimate of drug-likeness (QED) is 0.195. The molecule has 1 fully saturated rings. The van der Waals surface area contributed by atoms with Gasteiger partial charge in [0, 0.05) is 6.08 Å². The monoisotopic (exact) mass is 460 g/mol. The Kier molecular flexibility index (Phi) is 15.2. The van der Waals surface area contributed by atoms with Crippen molar-refractivity contribution in [1.82, 2.24) is 0 Å². The summed E-state index contributed by atoms with van der Waals surface area (Å²) in [5, 5.41) is 0. The maximum Gasteiger partial charge on any atom is 0.304 e. The van der Waals surface area contributed by atoms with Gasteiger partial charge in [0.15, 0.2) is 0 Å². The Morgan fingerprint density at radius 2 is 1.27 bits per heavy atom. The SMILES string of the molecule is CCCCCCCCCCCCCCCCOC1(C=Cc2ccc(OC)cc2)OCCCO1. The van der Waals surface area contributed by atoms with Crippen molar-refractivity contribution in [3.8, 4) is 5.75 Å². The Labute approximate surface area is 203 Å². The van der Waals surface area contributed by atoms with E-state index in [4.69, 9.17) is 18.9 Å². The lowest BCUT2D eigenvalue weighted by Crippen LogP contribution is -2.41. The molecule has 2 rings (SSSR count). The van der Waals surface area contributed by atoms with Crippen LogP contribution in [0.4, 0.5) is 0 Å². The van der Waals surface area contributed by atoms with E-state index in [2.05, 4.69) is 6.92 Å². The number of methoxy groups -OCH3 is 1. The van der Waals surface area contributed by atoms with E-state index in [0.717, 1.165) is 24.2 Å². The molecule has 33 heavy (non-hydrogen) atoms. The van der Waals surface area contributed by atoms with E-state index in [-0.39, 0.29) is 0 Å². The lowest BCUT2D eigenvalue weighted by molar-refractivity contribution is -0.369. The van der Waals surface area contributed by atoms with Gasteiger partial charge in [0.2, 0.25) is 0 Å². The number of unbranched alkanes of at least 4 members (excludes halogenated alkanes) is 13. The van der Waals surface area contributed by atoms with Crippen LogP contribution in [0.25, 0.3) is 6.08 Å². The smallest absolute Gasteiger partial charge is 0.304 e. The van der Waals surface area contributed by atoms with Crippen molar-refractivity contribution in [3.63, 3.8) is 0 Å². The normalized spacial score (nSPS) is 15.8. The number of hydrogen-bond acceptors (Lipinski definition) is 4. The standard InChI is InChI=1S/C29H48O4/c1-3-4-5-6-7-8-9-10-11-12-13-14-15-16-24-31-29(32-25-17-26-33-29)23-22-27-18-20-28(30-2)21-19-27/h18-23H,3-17,24-26H2,1-2H3. The molecule has 4 nitrogen and oxygen atoms in total. The van der Waals surface area contributed by atoms with Gasteiger partial charge in [-0.3, -0.25) is 0 Å². The van der Waals surface area contributed by atoms with Gasteiger partial charge >= 0.3 is 5.97 Å². The van der Waals surface area contributed by atoms with E-state index in [1.54, 1.807) is 7.11 Å². The van der Waals surface area contributed by atoms with Gasteiger partial charge in [-0.25, -0.2) is 0 Å². The van der Waals surface area contributed by atoms with Crippen LogP contribution in [0.2, 0.25) is 0 Å². The van der Waals surface area contributed by atoms with Crippen molar-refractivity contribution in [2.75, 3.05) is 26.9 Å². The van der Waals surface area contributed by atoms with Crippen LogP contribution in [-0.4, -0.2) is 32.9 Å². The van der Waals surface area contributed by atoms with Gasteiger partial charge in [0.1, 0.15) is 5.75 Å². The number of rotatable bonds is 19. The molecule has 0 N–H and O–H groups in total. The van der Waals surface area contributed by atoms with Gasteiger partial charge in [-0.2, -0.15) is 0 Å². The molecule has 0 atom stereocenters. The lowest BCUT2D eigenvalue weighted by atomic mass is 10.0. The van der Waals surface area contributed by atoms with Crippen LogP contribution < -0.4 is 4.74 Å².